The summed E-state index contributed by atoms with van der Waals surface area (Å²) < 4.78 is 2.09. The lowest BCUT2D eigenvalue weighted by Gasteiger charge is -2.22. The van der Waals surface area contributed by atoms with Gasteiger partial charge in [-0.2, -0.15) is 0 Å². The van der Waals surface area contributed by atoms with Crippen molar-refractivity contribution in [3.63, 3.8) is 0 Å². The largest absolute Gasteiger partial charge is 0.331 e. The van der Waals surface area contributed by atoms with Crippen LogP contribution >= 0.6 is 11.6 Å². The van der Waals surface area contributed by atoms with Crippen molar-refractivity contribution in [2.45, 2.75) is 19.9 Å². The molecule has 0 saturated heterocycles. The van der Waals surface area contributed by atoms with Gasteiger partial charge < -0.3 is 4.90 Å². The van der Waals surface area contributed by atoms with Crippen LogP contribution in [0, 0.1) is 0 Å². The van der Waals surface area contributed by atoms with Gasteiger partial charge in [0, 0.05) is 22.8 Å². The van der Waals surface area contributed by atoms with E-state index >= 15 is 0 Å². The molecule has 4 rings (SSSR count). The second kappa shape index (κ2) is 8.50. The maximum Gasteiger partial charge on any atom is 0.254 e. The Hall–Kier alpha value is -3.11. The van der Waals surface area contributed by atoms with Crippen molar-refractivity contribution in [3.8, 4) is 5.69 Å². The first-order valence-corrected chi connectivity index (χ1v) is 10.1. The van der Waals surface area contributed by atoms with Gasteiger partial charge in [-0.3, -0.25) is 9.36 Å². The van der Waals surface area contributed by atoms with Crippen molar-refractivity contribution in [2.75, 3.05) is 6.54 Å². The summed E-state index contributed by atoms with van der Waals surface area (Å²) in [5.74, 6) is 0.823. The molecule has 4 nitrogen and oxygen atoms in total. The van der Waals surface area contributed by atoms with E-state index in [4.69, 9.17) is 16.6 Å². The maximum absolute atomic E-state index is 13.1. The van der Waals surface area contributed by atoms with E-state index in [0.717, 1.165) is 29.0 Å². The predicted octanol–water partition coefficient (Wildman–Crippen LogP) is 5.73. The van der Waals surface area contributed by atoms with Crippen LogP contribution in [0.1, 0.15) is 29.5 Å². The topological polar surface area (TPSA) is 38.1 Å². The molecule has 0 radical (unpaired) electrons. The molecule has 0 saturated carbocycles. The standard InChI is InChI=1S/C24H22ClN3O/c1-2-15-27(24(29)18-9-5-3-6-10-18)17-23-26-21-14-13-19(25)16-22(21)28(23)20-11-7-4-8-12-20/h3-14,16H,2,15,17H2,1H3. The number of carbonyl (C=O) groups excluding carboxylic acids is 1. The van der Waals surface area contributed by atoms with Gasteiger partial charge in [-0.25, -0.2) is 4.98 Å². The number of aromatic nitrogens is 2. The number of benzene rings is 3. The van der Waals surface area contributed by atoms with Crippen LogP contribution in [0.2, 0.25) is 5.02 Å². The number of fused-ring (bicyclic) bond motifs is 1. The van der Waals surface area contributed by atoms with Crippen molar-refractivity contribution in [3.05, 3.63) is 95.3 Å². The number of para-hydroxylation sites is 1. The molecule has 1 aromatic heterocycles. The van der Waals surface area contributed by atoms with Gasteiger partial charge in [-0.05, 0) is 48.9 Å². The van der Waals surface area contributed by atoms with Crippen LogP contribution in [0.25, 0.3) is 16.7 Å². The van der Waals surface area contributed by atoms with Gasteiger partial charge in [0.1, 0.15) is 5.82 Å². The van der Waals surface area contributed by atoms with Crippen LogP contribution in [0.3, 0.4) is 0 Å². The zero-order valence-electron chi connectivity index (χ0n) is 16.3. The number of rotatable bonds is 6. The lowest BCUT2D eigenvalue weighted by atomic mass is 10.2. The number of hydrogen-bond acceptors (Lipinski definition) is 2. The summed E-state index contributed by atoms with van der Waals surface area (Å²) in [5.41, 5.74) is 3.47. The number of imidazole rings is 1. The second-order valence-electron chi connectivity index (χ2n) is 6.92. The fraction of sp³-hybridized carbons (Fsp3) is 0.167. The molecule has 0 atom stereocenters. The van der Waals surface area contributed by atoms with Crippen LogP contribution in [0.4, 0.5) is 0 Å². The minimum Gasteiger partial charge on any atom is -0.331 e. The summed E-state index contributed by atoms with van der Waals surface area (Å²) in [6.07, 6.45) is 0.871. The van der Waals surface area contributed by atoms with Crippen molar-refractivity contribution in [1.29, 1.82) is 0 Å². The lowest BCUT2D eigenvalue weighted by molar-refractivity contribution is 0.0738. The molecule has 0 spiro atoms. The Morgan fingerprint density at radius 3 is 2.38 bits per heavy atom. The fourth-order valence-corrected chi connectivity index (χ4v) is 3.69. The summed E-state index contributed by atoms with van der Waals surface area (Å²) >= 11 is 6.27. The Bertz CT molecular complexity index is 1120. The quantitative estimate of drug-likeness (QED) is 0.412. The molecular weight excluding hydrogens is 382 g/mol. The molecule has 0 N–H and O–H groups in total. The van der Waals surface area contributed by atoms with Gasteiger partial charge >= 0.3 is 0 Å². The predicted molar refractivity (Wildman–Crippen MR) is 118 cm³/mol. The minimum absolute atomic E-state index is 0.0113. The summed E-state index contributed by atoms with van der Waals surface area (Å²) in [4.78, 5) is 19.8. The minimum atomic E-state index is 0.0113. The smallest absolute Gasteiger partial charge is 0.254 e. The Morgan fingerprint density at radius 2 is 1.69 bits per heavy atom. The summed E-state index contributed by atoms with van der Waals surface area (Å²) in [6.45, 7) is 3.15. The molecule has 0 aliphatic carbocycles. The number of halogens is 1. The Balaban J connectivity index is 1.79. The molecule has 0 aliphatic rings. The van der Waals surface area contributed by atoms with Gasteiger partial charge in [0.05, 0.1) is 17.6 Å². The third kappa shape index (κ3) is 4.03. The third-order valence-electron chi connectivity index (χ3n) is 4.83. The number of carbonyl (C=O) groups is 1. The molecule has 0 bridgehead atoms. The molecule has 146 valence electrons. The third-order valence-corrected chi connectivity index (χ3v) is 5.07. The SMILES string of the molecule is CCCN(Cc1nc2ccc(Cl)cc2n1-c1ccccc1)C(=O)c1ccccc1. The molecule has 4 aromatic rings. The first-order valence-electron chi connectivity index (χ1n) is 9.74. The van der Waals surface area contributed by atoms with Gasteiger partial charge in [0.15, 0.2) is 0 Å². The van der Waals surface area contributed by atoms with Gasteiger partial charge in [-0.15, -0.1) is 0 Å². The fourth-order valence-electron chi connectivity index (χ4n) is 3.53. The first-order chi connectivity index (χ1) is 14.2. The molecule has 5 heteroatoms. The molecule has 3 aromatic carbocycles. The van der Waals surface area contributed by atoms with Gasteiger partial charge in [0.2, 0.25) is 0 Å². The highest BCUT2D eigenvalue weighted by molar-refractivity contribution is 6.31. The first kappa shape index (κ1) is 19.2. The molecule has 0 unspecified atom stereocenters. The second-order valence-corrected chi connectivity index (χ2v) is 7.36. The Morgan fingerprint density at radius 1 is 1.00 bits per heavy atom. The van der Waals surface area contributed by atoms with Crippen molar-refractivity contribution >= 4 is 28.5 Å². The van der Waals surface area contributed by atoms with E-state index < -0.39 is 0 Å². The summed E-state index contributed by atoms with van der Waals surface area (Å²) in [7, 11) is 0. The highest BCUT2D eigenvalue weighted by Crippen LogP contribution is 2.25. The van der Waals surface area contributed by atoms with Crippen molar-refractivity contribution in [2.24, 2.45) is 0 Å². The average Bonchev–Trinajstić information content (AvgIpc) is 3.11. The monoisotopic (exact) mass is 403 g/mol. The Labute approximate surface area is 175 Å². The number of amides is 1. The van der Waals surface area contributed by atoms with E-state index in [-0.39, 0.29) is 5.91 Å². The van der Waals surface area contributed by atoms with Crippen molar-refractivity contribution in [1.82, 2.24) is 14.5 Å². The molecular formula is C24H22ClN3O. The van der Waals surface area contributed by atoms with Crippen molar-refractivity contribution < 1.29 is 4.79 Å². The molecule has 29 heavy (non-hydrogen) atoms. The van der Waals surface area contributed by atoms with Gasteiger partial charge in [0.25, 0.3) is 5.91 Å². The lowest BCUT2D eigenvalue weighted by Crippen LogP contribution is -2.32. The van der Waals surface area contributed by atoms with Crippen LogP contribution in [0.5, 0.6) is 0 Å². The zero-order valence-corrected chi connectivity index (χ0v) is 17.0. The zero-order chi connectivity index (χ0) is 20.2. The molecule has 0 fully saturated rings. The van der Waals surface area contributed by atoms with Crippen LogP contribution in [-0.2, 0) is 6.54 Å². The van der Waals surface area contributed by atoms with Crippen LogP contribution < -0.4 is 0 Å². The summed E-state index contributed by atoms with van der Waals surface area (Å²) in [5, 5.41) is 0.659. The van der Waals surface area contributed by atoms with E-state index in [1.54, 1.807) is 0 Å². The van der Waals surface area contributed by atoms with E-state index in [0.29, 0.717) is 23.7 Å². The van der Waals surface area contributed by atoms with Crippen LogP contribution in [-0.4, -0.2) is 26.9 Å². The molecule has 1 amide bonds. The highest BCUT2D eigenvalue weighted by atomic mass is 35.5. The average molecular weight is 404 g/mol. The number of nitrogens with zero attached hydrogens (tertiary/aromatic N) is 3. The molecule has 0 aliphatic heterocycles. The van der Waals surface area contributed by atoms with E-state index in [1.807, 2.05) is 83.8 Å². The molecule has 1 heterocycles. The highest BCUT2D eigenvalue weighted by Gasteiger charge is 2.20. The van der Waals surface area contributed by atoms with Gasteiger partial charge in [-0.1, -0.05) is 54.9 Å². The van der Waals surface area contributed by atoms with E-state index in [9.17, 15) is 4.79 Å². The van der Waals surface area contributed by atoms with E-state index in [2.05, 4.69) is 11.5 Å². The van der Waals surface area contributed by atoms with E-state index in [1.165, 1.54) is 0 Å². The summed E-state index contributed by atoms with van der Waals surface area (Å²) in [6, 6.07) is 25.1. The number of hydrogen-bond donors (Lipinski definition) is 0. The normalized spacial score (nSPS) is 11.0. The van der Waals surface area contributed by atoms with Crippen LogP contribution in [0.15, 0.2) is 78.9 Å². The Kier molecular flexibility index (Phi) is 5.63. The maximum atomic E-state index is 13.1.